The van der Waals surface area contributed by atoms with Gasteiger partial charge in [-0.3, -0.25) is 18.9 Å². The molecule has 1 aromatic heterocycles. The monoisotopic (exact) mass is 702 g/mol. The Labute approximate surface area is 274 Å². The number of rotatable bonds is 10. The zero-order valence-electron chi connectivity index (χ0n) is 26.0. The predicted molar refractivity (Wildman–Crippen MR) is 164 cm³/mol. The maximum absolute atomic E-state index is 13.5. The Morgan fingerprint density at radius 3 is 2.15 bits per heavy atom. The van der Waals surface area contributed by atoms with Crippen LogP contribution < -0.4 is 10.6 Å². The SMILES string of the molecule is CCOC(=O)N1CCN(C(=O)C(CCC(=O)O)NC(=O)c2cc(NC3CCCC3)nc(-c3ccccc3)n2)CC1.O=S(=O)(O)C(F)(F)F. The largest absolute Gasteiger partial charge is 0.522 e. The predicted octanol–water partition coefficient (Wildman–Crippen LogP) is 3.16. The number of nitrogens with one attached hydrogen (secondary N) is 2. The van der Waals surface area contributed by atoms with Crippen molar-refractivity contribution in [2.24, 2.45) is 0 Å². The van der Waals surface area contributed by atoms with Crippen LogP contribution in [0.25, 0.3) is 11.4 Å². The van der Waals surface area contributed by atoms with Crippen LogP contribution in [0.15, 0.2) is 36.4 Å². The molecule has 15 nitrogen and oxygen atoms in total. The van der Waals surface area contributed by atoms with Gasteiger partial charge >= 0.3 is 27.7 Å². The van der Waals surface area contributed by atoms with Crippen LogP contribution in [0.3, 0.4) is 0 Å². The van der Waals surface area contributed by atoms with Crippen molar-refractivity contribution in [1.82, 2.24) is 25.1 Å². The smallest absolute Gasteiger partial charge is 0.481 e. The molecule has 0 bridgehead atoms. The molecule has 2 aromatic rings. The van der Waals surface area contributed by atoms with Gasteiger partial charge in [0.15, 0.2) is 5.82 Å². The summed E-state index contributed by atoms with van der Waals surface area (Å²) in [6, 6.07) is 10.1. The van der Waals surface area contributed by atoms with Gasteiger partial charge in [0.05, 0.1) is 6.61 Å². The average Bonchev–Trinajstić information content (AvgIpc) is 3.55. The second-order valence-corrected chi connectivity index (χ2v) is 12.3. The Kier molecular flexibility index (Phi) is 13.5. The number of carboxylic acids is 1. The standard InChI is InChI=1S/C28H36N6O6.CHF3O3S/c1-2-40-28(39)34-16-14-33(15-17-34)27(38)21(12-13-24(35)36)31-26(37)22-18-23(29-20-10-6-7-11-20)32-25(30-22)19-8-4-3-5-9-19;2-1(3,4)8(5,6)7/h3-5,8-9,18,20-21H,2,6-7,10-17H2,1H3,(H,31,37)(H,35,36)(H,29,30,32);(H,5,6,7). The van der Waals surface area contributed by atoms with E-state index in [1.165, 1.54) is 9.80 Å². The lowest BCUT2D eigenvalue weighted by Crippen LogP contribution is -2.56. The van der Waals surface area contributed by atoms with Crippen molar-refractivity contribution in [1.29, 1.82) is 0 Å². The highest BCUT2D eigenvalue weighted by molar-refractivity contribution is 7.86. The van der Waals surface area contributed by atoms with Crippen LogP contribution in [-0.2, 0) is 24.4 Å². The first kappa shape index (κ1) is 37.9. The van der Waals surface area contributed by atoms with E-state index in [0.717, 1.165) is 31.2 Å². The number of nitrogens with zero attached hydrogens (tertiary/aromatic N) is 4. The van der Waals surface area contributed by atoms with Crippen LogP contribution in [-0.4, -0.2) is 112 Å². The molecule has 264 valence electrons. The molecule has 19 heteroatoms. The van der Waals surface area contributed by atoms with Gasteiger partial charge in [-0.25, -0.2) is 14.8 Å². The number of ether oxygens (including phenoxy) is 1. The Bertz CT molecular complexity index is 1530. The zero-order chi connectivity index (χ0) is 35.5. The van der Waals surface area contributed by atoms with E-state index in [9.17, 15) is 37.5 Å². The molecule has 2 fully saturated rings. The van der Waals surface area contributed by atoms with Crippen molar-refractivity contribution < 1.29 is 55.2 Å². The number of carboxylic acid groups (broad SMARTS) is 1. The minimum atomic E-state index is -5.84. The maximum Gasteiger partial charge on any atom is 0.522 e. The number of carbonyl (C=O) groups is 4. The fraction of sp³-hybridized carbons (Fsp3) is 0.517. The molecule has 1 unspecified atom stereocenters. The van der Waals surface area contributed by atoms with Crippen LogP contribution in [0.1, 0.15) is 55.9 Å². The van der Waals surface area contributed by atoms with Crippen molar-refractivity contribution >= 4 is 39.8 Å². The quantitative estimate of drug-likeness (QED) is 0.208. The van der Waals surface area contributed by atoms with Gasteiger partial charge < -0.3 is 30.3 Å². The van der Waals surface area contributed by atoms with Gasteiger partial charge in [0, 0.05) is 50.3 Å². The van der Waals surface area contributed by atoms with E-state index in [4.69, 9.17) is 17.7 Å². The molecule has 1 aliphatic carbocycles. The summed E-state index contributed by atoms with van der Waals surface area (Å²) in [6.45, 7) is 3.05. The lowest BCUT2D eigenvalue weighted by atomic mass is 10.1. The summed E-state index contributed by atoms with van der Waals surface area (Å²) in [5.41, 5.74) is -4.72. The van der Waals surface area contributed by atoms with Gasteiger partial charge in [0.1, 0.15) is 17.6 Å². The third-order valence-electron chi connectivity index (χ3n) is 7.36. The summed E-state index contributed by atoms with van der Waals surface area (Å²) in [5, 5.41) is 15.4. The van der Waals surface area contributed by atoms with E-state index < -0.39 is 45.5 Å². The number of anilines is 1. The fourth-order valence-electron chi connectivity index (χ4n) is 4.94. The van der Waals surface area contributed by atoms with Crippen LogP contribution in [0.2, 0.25) is 0 Å². The summed E-state index contributed by atoms with van der Waals surface area (Å²) in [6.07, 6.45) is 3.47. The van der Waals surface area contributed by atoms with Crippen molar-refractivity contribution in [3.05, 3.63) is 42.1 Å². The van der Waals surface area contributed by atoms with Gasteiger partial charge in [0.2, 0.25) is 5.91 Å². The number of aromatic nitrogens is 2. The molecular weight excluding hydrogens is 665 g/mol. The summed E-state index contributed by atoms with van der Waals surface area (Å²) >= 11 is 0. The summed E-state index contributed by atoms with van der Waals surface area (Å²) in [5.74, 6) is -1.18. The molecular formula is C29H37F3N6O9S. The number of halogens is 3. The molecule has 0 radical (unpaired) electrons. The third kappa shape index (κ3) is 11.3. The lowest BCUT2D eigenvalue weighted by Gasteiger charge is -2.35. The Morgan fingerprint density at radius 1 is 1.02 bits per heavy atom. The number of aliphatic carboxylic acids is 1. The lowest BCUT2D eigenvalue weighted by molar-refractivity contribution is -0.138. The number of benzene rings is 1. The molecule has 4 rings (SSSR count). The van der Waals surface area contributed by atoms with Gasteiger partial charge in [0.25, 0.3) is 5.91 Å². The van der Waals surface area contributed by atoms with Gasteiger partial charge in [-0.15, -0.1) is 0 Å². The summed E-state index contributed by atoms with van der Waals surface area (Å²) in [7, 11) is -5.84. The number of hydrogen-bond donors (Lipinski definition) is 4. The number of piperazine rings is 1. The first-order chi connectivity index (χ1) is 22.6. The minimum absolute atomic E-state index is 0.0783. The van der Waals surface area contributed by atoms with Crippen molar-refractivity contribution in [3.63, 3.8) is 0 Å². The molecule has 1 aliphatic heterocycles. The average molecular weight is 703 g/mol. The van der Waals surface area contributed by atoms with E-state index in [1.54, 1.807) is 13.0 Å². The number of hydrogen-bond acceptors (Lipinski definition) is 10. The highest BCUT2D eigenvalue weighted by Gasteiger charge is 2.44. The van der Waals surface area contributed by atoms with Crippen molar-refractivity contribution in [3.8, 4) is 11.4 Å². The number of alkyl halides is 3. The zero-order valence-corrected chi connectivity index (χ0v) is 26.8. The van der Waals surface area contributed by atoms with Gasteiger partial charge in [-0.05, 0) is 26.2 Å². The van der Waals surface area contributed by atoms with Crippen LogP contribution in [0, 0.1) is 0 Å². The van der Waals surface area contributed by atoms with Crippen LogP contribution >= 0.6 is 0 Å². The minimum Gasteiger partial charge on any atom is -0.481 e. The highest BCUT2D eigenvalue weighted by atomic mass is 32.2. The first-order valence-corrected chi connectivity index (χ1v) is 16.5. The van der Waals surface area contributed by atoms with Crippen molar-refractivity contribution in [2.75, 3.05) is 38.1 Å². The van der Waals surface area contributed by atoms with Crippen molar-refractivity contribution in [2.45, 2.75) is 63.0 Å². The van der Waals surface area contributed by atoms with Crippen LogP contribution in [0.5, 0.6) is 0 Å². The van der Waals surface area contributed by atoms with E-state index >= 15 is 0 Å². The Hall–Kier alpha value is -4.52. The maximum atomic E-state index is 13.5. The molecule has 0 spiro atoms. The molecule has 2 aliphatic rings. The normalized spacial score (nSPS) is 15.9. The topological polar surface area (TPSA) is 208 Å². The third-order valence-corrected chi connectivity index (χ3v) is 7.94. The van der Waals surface area contributed by atoms with Crippen LogP contribution in [0.4, 0.5) is 23.8 Å². The van der Waals surface area contributed by atoms with Gasteiger partial charge in [-0.2, -0.15) is 21.6 Å². The summed E-state index contributed by atoms with van der Waals surface area (Å²) < 4.78 is 62.6. The second kappa shape index (κ2) is 17.0. The Balaban J connectivity index is 0.000000694. The van der Waals surface area contributed by atoms with E-state index in [0.29, 0.717) is 11.6 Å². The molecule has 4 N–H and O–H groups in total. The molecule has 3 amide bonds. The summed E-state index contributed by atoms with van der Waals surface area (Å²) in [4.78, 5) is 62.4. The second-order valence-electron chi connectivity index (χ2n) is 10.8. The van der Waals surface area contributed by atoms with Gasteiger partial charge in [-0.1, -0.05) is 43.2 Å². The number of carbonyl (C=O) groups excluding carboxylic acids is 3. The molecule has 1 atom stereocenters. The number of amides is 3. The molecule has 48 heavy (non-hydrogen) atoms. The fourth-order valence-corrected chi connectivity index (χ4v) is 4.94. The van der Waals surface area contributed by atoms with E-state index in [1.807, 2.05) is 30.3 Å². The Morgan fingerprint density at radius 2 is 1.60 bits per heavy atom. The van der Waals surface area contributed by atoms with E-state index in [2.05, 4.69) is 20.6 Å². The highest BCUT2D eigenvalue weighted by Crippen LogP contribution is 2.24. The molecule has 1 saturated carbocycles. The molecule has 2 heterocycles. The molecule has 1 aromatic carbocycles. The first-order valence-electron chi connectivity index (χ1n) is 15.1. The molecule has 1 saturated heterocycles. The van der Waals surface area contributed by atoms with E-state index in [-0.39, 0.29) is 57.4 Å².